The van der Waals surface area contributed by atoms with Crippen molar-refractivity contribution in [1.29, 1.82) is 0 Å². The molecule has 2 aromatic rings. The number of fused-ring (bicyclic) bond motifs is 1. The first-order valence-corrected chi connectivity index (χ1v) is 3.15. The maximum Gasteiger partial charge on any atom is 0.163 e. The van der Waals surface area contributed by atoms with Crippen LogP contribution in [0.25, 0.3) is 5.65 Å². The molecule has 11 heavy (non-hydrogen) atoms. The van der Waals surface area contributed by atoms with Gasteiger partial charge in [-0.1, -0.05) is 0 Å². The largest absolute Gasteiger partial charge is 0.494 e. The van der Waals surface area contributed by atoms with Crippen molar-refractivity contribution in [2.75, 3.05) is 7.11 Å². The van der Waals surface area contributed by atoms with Crippen LogP contribution in [0.4, 0.5) is 0 Å². The van der Waals surface area contributed by atoms with Crippen LogP contribution in [0.3, 0.4) is 0 Å². The first-order valence-electron chi connectivity index (χ1n) is 3.15. The maximum atomic E-state index is 4.95. The third-order valence-electron chi connectivity index (χ3n) is 1.39. The zero-order valence-corrected chi connectivity index (χ0v) is 5.98. The van der Waals surface area contributed by atoms with E-state index in [1.54, 1.807) is 30.2 Å². The van der Waals surface area contributed by atoms with Gasteiger partial charge in [0.1, 0.15) is 0 Å². The topological polar surface area (TPSA) is 39.4 Å². The van der Waals surface area contributed by atoms with Gasteiger partial charge in [0.05, 0.1) is 31.8 Å². The van der Waals surface area contributed by atoms with Crippen LogP contribution in [0, 0.1) is 6.07 Å². The number of ether oxygens (including phenoxy) is 1. The molecule has 0 aliphatic heterocycles. The Bertz CT molecular complexity index is 368. The third kappa shape index (κ3) is 0.920. The van der Waals surface area contributed by atoms with Crippen molar-refractivity contribution in [2.24, 2.45) is 0 Å². The zero-order valence-electron chi connectivity index (χ0n) is 5.98. The van der Waals surface area contributed by atoms with Gasteiger partial charge in [0, 0.05) is 0 Å². The minimum Gasteiger partial charge on any atom is -0.494 e. The summed E-state index contributed by atoms with van der Waals surface area (Å²) in [5.74, 6) is 0.689. The van der Waals surface area contributed by atoms with Crippen molar-refractivity contribution < 1.29 is 4.74 Å². The second kappa shape index (κ2) is 2.23. The first-order chi connectivity index (χ1) is 5.40. The third-order valence-corrected chi connectivity index (χ3v) is 1.39. The summed E-state index contributed by atoms with van der Waals surface area (Å²) in [7, 11) is 1.59. The molecule has 0 bridgehead atoms. The highest BCUT2D eigenvalue weighted by molar-refractivity contribution is 5.35. The van der Waals surface area contributed by atoms with Crippen LogP contribution >= 0.6 is 0 Å². The van der Waals surface area contributed by atoms with Crippen LogP contribution < -0.4 is 4.74 Å². The van der Waals surface area contributed by atoms with Crippen molar-refractivity contribution >= 4 is 5.65 Å². The molecular weight excluding hydrogens is 142 g/mol. The van der Waals surface area contributed by atoms with E-state index in [9.17, 15) is 0 Å². The predicted octanol–water partition coefficient (Wildman–Crippen LogP) is 0.538. The van der Waals surface area contributed by atoms with Crippen LogP contribution in [0.2, 0.25) is 0 Å². The Morgan fingerprint density at radius 1 is 1.64 bits per heavy atom. The van der Waals surface area contributed by atoms with E-state index in [2.05, 4.69) is 16.1 Å². The lowest BCUT2D eigenvalue weighted by molar-refractivity contribution is 0.409. The summed E-state index contributed by atoms with van der Waals surface area (Å²) < 4.78 is 6.56. The molecule has 0 aliphatic rings. The lowest BCUT2D eigenvalue weighted by atomic mass is 10.6. The summed E-state index contributed by atoms with van der Waals surface area (Å²) >= 11 is 0. The molecule has 55 valence electrons. The summed E-state index contributed by atoms with van der Waals surface area (Å²) in [5, 5.41) is 3.95. The van der Waals surface area contributed by atoms with Gasteiger partial charge in [-0.2, -0.15) is 5.10 Å². The molecule has 0 fully saturated rings. The zero-order chi connectivity index (χ0) is 7.68. The Balaban J connectivity index is 2.67. The Morgan fingerprint density at radius 3 is 3.36 bits per heavy atom. The van der Waals surface area contributed by atoms with Crippen LogP contribution in [-0.2, 0) is 0 Å². The van der Waals surface area contributed by atoms with E-state index in [-0.39, 0.29) is 0 Å². The van der Waals surface area contributed by atoms with E-state index < -0.39 is 0 Å². The molecule has 0 amide bonds. The molecule has 0 aromatic carbocycles. The van der Waals surface area contributed by atoms with Gasteiger partial charge in [-0.15, -0.1) is 0 Å². The number of hydrogen-bond acceptors (Lipinski definition) is 3. The Hall–Kier alpha value is -1.58. The fourth-order valence-corrected chi connectivity index (χ4v) is 0.845. The minimum absolute atomic E-state index is 0.689. The van der Waals surface area contributed by atoms with Crippen molar-refractivity contribution in [2.45, 2.75) is 0 Å². The molecule has 4 heteroatoms. The molecule has 0 aliphatic carbocycles. The molecule has 0 unspecified atom stereocenters. The summed E-state index contributed by atoms with van der Waals surface area (Å²) in [6.45, 7) is 0. The molecule has 0 N–H and O–H groups in total. The molecule has 2 rings (SSSR count). The molecule has 0 spiro atoms. The normalized spacial score (nSPS) is 10.3. The summed E-state index contributed by atoms with van der Waals surface area (Å²) in [4.78, 5) is 4.03. The Kier molecular flexibility index (Phi) is 1.25. The predicted molar refractivity (Wildman–Crippen MR) is 38.4 cm³/mol. The summed E-state index contributed by atoms with van der Waals surface area (Å²) in [5.41, 5.74) is 0.700. The molecule has 2 heterocycles. The van der Waals surface area contributed by atoms with E-state index in [0.717, 1.165) is 0 Å². The number of methoxy groups -OCH3 is 1. The lowest BCUT2D eigenvalue weighted by Gasteiger charge is -1.97. The number of nitrogens with zero attached hydrogens (tertiary/aromatic N) is 3. The van der Waals surface area contributed by atoms with E-state index in [1.165, 1.54) is 0 Å². The van der Waals surface area contributed by atoms with Gasteiger partial charge >= 0.3 is 0 Å². The molecule has 4 nitrogen and oxygen atoms in total. The van der Waals surface area contributed by atoms with E-state index in [1.807, 2.05) is 0 Å². The Morgan fingerprint density at radius 2 is 2.55 bits per heavy atom. The summed E-state index contributed by atoms with van der Waals surface area (Å²) in [6, 6.07) is 2.86. The first kappa shape index (κ1) is 6.15. The highest BCUT2D eigenvalue weighted by Crippen LogP contribution is 2.07. The monoisotopic (exact) mass is 148 g/mol. The van der Waals surface area contributed by atoms with Crippen LogP contribution in [0.15, 0.2) is 18.6 Å². The van der Waals surface area contributed by atoms with Gasteiger partial charge in [0.15, 0.2) is 11.4 Å². The molecule has 0 atom stereocenters. The SMILES string of the molecule is COc1cnc2[c]cnn2c1. The molecule has 1 radical (unpaired) electrons. The Labute approximate surface area is 63.4 Å². The van der Waals surface area contributed by atoms with Crippen LogP contribution in [0.5, 0.6) is 5.75 Å². The summed E-state index contributed by atoms with van der Waals surface area (Å²) in [6.07, 6.45) is 4.95. The molecule has 0 saturated carbocycles. The second-order valence-electron chi connectivity index (χ2n) is 2.05. The standard InChI is InChI=1S/C7H6N3O/c1-11-6-4-8-7-2-3-9-10(7)5-6/h3-5H,1H3. The minimum atomic E-state index is 0.689. The van der Waals surface area contributed by atoms with E-state index in [4.69, 9.17) is 4.74 Å². The fourth-order valence-electron chi connectivity index (χ4n) is 0.845. The van der Waals surface area contributed by atoms with E-state index >= 15 is 0 Å². The number of hydrogen-bond donors (Lipinski definition) is 0. The van der Waals surface area contributed by atoms with Gasteiger partial charge in [-0.05, 0) is 0 Å². The second-order valence-corrected chi connectivity index (χ2v) is 2.05. The quantitative estimate of drug-likeness (QED) is 0.592. The smallest absolute Gasteiger partial charge is 0.163 e. The van der Waals surface area contributed by atoms with Crippen molar-refractivity contribution in [3.63, 3.8) is 0 Å². The molecule has 0 saturated heterocycles. The lowest BCUT2D eigenvalue weighted by Crippen LogP contribution is -1.91. The average molecular weight is 148 g/mol. The molecular formula is C7H6N3O. The average Bonchev–Trinajstić information content (AvgIpc) is 2.50. The van der Waals surface area contributed by atoms with Crippen molar-refractivity contribution in [3.05, 3.63) is 24.7 Å². The van der Waals surface area contributed by atoms with Crippen molar-refractivity contribution in [1.82, 2.24) is 14.6 Å². The van der Waals surface area contributed by atoms with Gasteiger partial charge < -0.3 is 4.74 Å². The van der Waals surface area contributed by atoms with Crippen LogP contribution in [-0.4, -0.2) is 21.7 Å². The highest BCUT2D eigenvalue weighted by Gasteiger charge is 1.95. The maximum absolute atomic E-state index is 4.95. The molecule has 2 aromatic heterocycles. The van der Waals surface area contributed by atoms with Gasteiger partial charge in [0.25, 0.3) is 0 Å². The number of aromatic nitrogens is 3. The highest BCUT2D eigenvalue weighted by atomic mass is 16.5. The van der Waals surface area contributed by atoms with Gasteiger partial charge in [-0.25, -0.2) is 9.50 Å². The fraction of sp³-hybridized carbons (Fsp3) is 0.143. The van der Waals surface area contributed by atoms with Gasteiger partial charge in [-0.3, -0.25) is 0 Å². The van der Waals surface area contributed by atoms with Gasteiger partial charge in [0.2, 0.25) is 0 Å². The number of rotatable bonds is 1. The van der Waals surface area contributed by atoms with Crippen LogP contribution in [0.1, 0.15) is 0 Å². The van der Waals surface area contributed by atoms with Crippen molar-refractivity contribution in [3.8, 4) is 5.75 Å². The van der Waals surface area contributed by atoms with E-state index in [0.29, 0.717) is 11.4 Å².